The van der Waals surface area contributed by atoms with Crippen molar-refractivity contribution < 1.29 is 19.8 Å². The Balaban J connectivity index is 0.000000400. The van der Waals surface area contributed by atoms with Gasteiger partial charge in [0.25, 0.3) is 0 Å². The third-order valence-corrected chi connectivity index (χ3v) is 3.21. The van der Waals surface area contributed by atoms with E-state index in [0.717, 1.165) is 11.3 Å². The zero-order chi connectivity index (χ0) is 16.3. The Morgan fingerprint density at radius 1 is 1.10 bits per heavy atom. The Labute approximate surface area is 128 Å². The predicted octanol–water partition coefficient (Wildman–Crippen LogP) is 0.792. The standard InChI is InChI=1S/C9H11NO2.C5H11NO2S/c10-8(9(11)12)6-7-4-2-1-3-5-7;1-9-3-2-4(6)5(7)8/h1-5,8H,6,10H2,(H,11,12);4H,2-3,6H2,1H3,(H,7,8)/t;4-/m.0/s1. The van der Waals surface area contributed by atoms with Gasteiger partial charge in [0.2, 0.25) is 0 Å². The van der Waals surface area contributed by atoms with E-state index in [-0.39, 0.29) is 0 Å². The highest BCUT2D eigenvalue weighted by molar-refractivity contribution is 7.98. The maximum atomic E-state index is 10.4. The maximum Gasteiger partial charge on any atom is 0.320 e. The van der Waals surface area contributed by atoms with Gasteiger partial charge in [-0.1, -0.05) is 30.3 Å². The van der Waals surface area contributed by atoms with E-state index in [1.54, 1.807) is 11.8 Å². The highest BCUT2D eigenvalue weighted by atomic mass is 32.2. The summed E-state index contributed by atoms with van der Waals surface area (Å²) < 4.78 is 0. The molecule has 0 aliphatic carbocycles. The lowest BCUT2D eigenvalue weighted by atomic mass is 10.1. The third kappa shape index (κ3) is 9.89. The number of carboxylic acid groups (broad SMARTS) is 2. The molecule has 0 saturated carbocycles. The molecule has 1 unspecified atom stereocenters. The van der Waals surface area contributed by atoms with E-state index in [0.29, 0.717) is 12.8 Å². The first-order chi connectivity index (χ1) is 9.88. The molecule has 0 fully saturated rings. The van der Waals surface area contributed by atoms with Crippen LogP contribution in [0.1, 0.15) is 12.0 Å². The highest BCUT2D eigenvalue weighted by Gasteiger charge is 2.11. The Kier molecular flexibility index (Phi) is 10.3. The van der Waals surface area contributed by atoms with Gasteiger partial charge in [0.1, 0.15) is 12.1 Å². The van der Waals surface area contributed by atoms with Crippen LogP contribution in [0.4, 0.5) is 0 Å². The molecule has 0 radical (unpaired) electrons. The first kappa shape index (κ1) is 19.4. The molecule has 0 saturated heterocycles. The summed E-state index contributed by atoms with van der Waals surface area (Å²) in [7, 11) is 0. The summed E-state index contributed by atoms with van der Waals surface area (Å²) in [4.78, 5) is 20.4. The summed E-state index contributed by atoms with van der Waals surface area (Å²) in [6.07, 6.45) is 2.86. The van der Waals surface area contributed by atoms with E-state index in [4.69, 9.17) is 21.7 Å². The summed E-state index contributed by atoms with van der Waals surface area (Å²) in [6.45, 7) is 0. The Hall–Kier alpha value is -1.57. The van der Waals surface area contributed by atoms with Gasteiger partial charge < -0.3 is 21.7 Å². The van der Waals surface area contributed by atoms with E-state index >= 15 is 0 Å². The molecule has 1 aromatic carbocycles. The smallest absolute Gasteiger partial charge is 0.320 e. The largest absolute Gasteiger partial charge is 0.480 e. The van der Waals surface area contributed by atoms with Crippen LogP contribution in [0.2, 0.25) is 0 Å². The molecule has 118 valence electrons. The fourth-order valence-corrected chi connectivity index (χ4v) is 1.81. The topological polar surface area (TPSA) is 127 Å². The van der Waals surface area contributed by atoms with Crippen LogP contribution >= 0.6 is 11.8 Å². The number of hydrogen-bond donors (Lipinski definition) is 4. The molecule has 21 heavy (non-hydrogen) atoms. The molecule has 6 nitrogen and oxygen atoms in total. The lowest BCUT2D eigenvalue weighted by Gasteiger charge is -2.04. The van der Waals surface area contributed by atoms with Gasteiger partial charge in [-0.05, 0) is 30.4 Å². The van der Waals surface area contributed by atoms with Crippen molar-refractivity contribution in [2.75, 3.05) is 12.0 Å². The fourth-order valence-electron chi connectivity index (χ4n) is 1.32. The number of rotatable bonds is 7. The zero-order valence-electron chi connectivity index (χ0n) is 11.9. The Bertz CT molecular complexity index is 428. The average molecular weight is 314 g/mol. The molecule has 2 atom stereocenters. The van der Waals surface area contributed by atoms with E-state index in [9.17, 15) is 9.59 Å². The molecular weight excluding hydrogens is 292 g/mol. The molecule has 0 spiro atoms. The normalized spacial score (nSPS) is 12.7. The second-order valence-electron chi connectivity index (χ2n) is 4.36. The number of aliphatic carboxylic acids is 2. The van der Waals surface area contributed by atoms with E-state index < -0.39 is 24.0 Å². The molecule has 0 aliphatic rings. The highest BCUT2D eigenvalue weighted by Crippen LogP contribution is 2.01. The van der Waals surface area contributed by atoms with Crippen molar-refractivity contribution in [3.05, 3.63) is 35.9 Å². The number of benzene rings is 1. The number of carbonyl (C=O) groups is 2. The molecule has 0 heterocycles. The number of thioether (sulfide) groups is 1. The SMILES string of the molecule is CSCC[C@H](N)C(=O)O.NC(Cc1ccccc1)C(=O)O. The van der Waals surface area contributed by atoms with Gasteiger partial charge in [0.05, 0.1) is 0 Å². The van der Waals surface area contributed by atoms with Gasteiger partial charge in [-0.2, -0.15) is 11.8 Å². The maximum absolute atomic E-state index is 10.4. The Morgan fingerprint density at radius 3 is 2.05 bits per heavy atom. The van der Waals surface area contributed by atoms with Gasteiger partial charge in [-0.15, -0.1) is 0 Å². The van der Waals surface area contributed by atoms with Crippen LogP contribution in [-0.2, 0) is 16.0 Å². The lowest BCUT2D eigenvalue weighted by Crippen LogP contribution is -2.32. The minimum Gasteiger partial charge on any atom is -0.480 e. The quantitative estimate of drug-likeness (QED) is 0.586. The number of hydrogen-bond acceptors (Lipinski definition) is 5. The van der Waals surface area contributed by atoms with Crippen molar-refractivity contribution in [2.45, 2.75) is 24.9 Å². The molecule has 1 rings (SSSR count). The summed E-state index contributed by atoms with van der Waals surface area (Å²) >= 11 is 1.60. The van der Waals surface area contributed by atoms with E-state index in [1.807, 2.05) is 36.6 Å². The van der Waals surface area contributed by atoms with Gasteiger partial charge in [0.15, 0.2) is 0 Å². The van der Waals surface area contributed by atoms with Crippen LogP contribution in [-0.4, -0.2) is 46.2 Å². The molecule has 0 aliphatic heterocycles. The second-order valence-corrected chi connectivity index (χ2v) is 5.35. The second kappa shape index (κ2) is 11.1. The van der Waals surface area contributed by atoms with E-state index in [1.165, 1.54) is 0 Å². The first-order valence-corrected chi connectivity index (χ1v) is 7.77. The fraction of sp³-hybridized carbons (Fsp3) is 0.429. The minimum atomic E-state index is -0.959. The number of carboxylic acids is 2. The summed E-state index contributed by atoms with van der Waals surface area (Å²) in [6, 6.07) is 7.86. The summed E-state index contributed by atoms with van der Waals surface area (Å²) in [5, 5.41) is 16.8. The molecule has 0 amide bonds. The van der Waals surface area contributed by atoms with Crippen LogP contribution in [0.5, 0.6) is 0 Å². The van der Waals surface area contributed by atoms with Gasteiger partial charge in [-0.3, -0.25) is 9.59 Å². The average Bonchev–Trinajstić information content (AvgIpc) is 2.46. The summed E-state index contributed by atoms with van der Waals surface area (Å²) in [5.41, 5.74) is 11.5. The van der Waals surface area contributed by atoms with Crippen LogP contribution in [0.15, 0.2) is 30.3 Å². The van der Waals surface area contributed by atoms with Crippen LogP contribution in [0.3, 0.4) is 0 Å². The van der Waals surface area contributed by atoms with Crippen LogP contribution in [0.25, 0.3) is 0 Å². The molecule has 0 bridgehead atoms. The monoisotopic (exact) mass is 314 g/mol. The molecule has 1 aromatic rings. The third-order valence-electron chi connectivity index (χ3n) is 2.57. The van der Waals surface area contributed by atoms with Gasteiger partial charge >= 0.3 is 11.9 Å². The van der Waals surface area contributed by atoms with Crippen molar-refractivity contribution >= 4 is 23.7 Å². The molecule has 6 N–H and O–H groups in total. The van der Waals surface area contributed by atoms with Crippen molar-refractivity contribution in [3.63, 3.8) is 0 Å². The summed E-state index contributed by atoms with van der Waals surface area (Å²) in [5.74, 6) is -1.06. The predicted molar refractivity (Wildman–Crippen MR) is 84.4 cm³/mol. The van der Waals surface area contributed by atoms with Crippen molar-refractivity contribution in [1.82, 2.24) is 0 Å². The van der Waals surface area contributed by atoms with E-state index in [2.05, 4.69) is 0 Å². The van der Waals surface area contributed by atoms with Crippen molar-refractivity contribution in [3.8, 4) is 0 Å². The number of nitrogens with two attached hydrogens (primary N) is 2. The van der Waals surface area contributed by atoms with Crippen LogP contribution in [0, 0.1) is 0 Å². The zero-order valence-corrected chi connectivity index (χ0v) is 12.8. The van der Waals surface area contributed by atoms with Crippen molar-refractivity contribution in [2.24, 2.45) is 11.5 Å². The first-order valence-electron chi connectivity index (χ1n) is 6.38. The molecule has 0 aromatic heterocycles. The van der Waals surface area contributed by atoms with Crippen LogP contribution < -0.4 is 11.5 Å². The molecule has 7 heteroatoms. The van der Waals surface area contributed by atoms with Crippen molar-refractivity contribution in [1.29, 1.82) is 0 Å². The van der Waals surface area contributed by atoms with Gasteiger partial charge in [0, 0.05) is 0 Å². The lowest BCUT2D eigenvalue weighted by molar-refractivity contribution is -0.139. The minimum absolute atomic E-state index is 0.385. The molecular formula is C14H22N2O4S. The Morgan fingerprint density at radius 2 is 1.62 bits per heavy atom. The van der Waals surface area contributed by atoms with Gasteiger partial charge in [-0.25, -0.2) is 0 Å².